The van der Waals surface area contributed by atoms with Crippen molar-refractivity contribution in [2.45, 2.75) is 11.8 Å². The maximum atomic E-state index is 12.3. The summed E-state index contributed by atoms with van der Waals surface area (Å²) in [5.74, 6) is 0.929. The second-order valence-electron chi connectivity index (χ2n) is 4.37. The zero-order valence-corrected chi connectivity index (χ0v) is 12.9. The first-order chi connectivity index (χ1) is 9.60. The van der Waals surface area contributed by atoms with E-state index < -0.39 is 0 Å². The van der Waals surface area contributed by atoms with Crippen LogP contribution in [0.1, 0.15) is 15.9 Å². The summed E-state index contributed by atoms with van der Waals surface area (Å²) in [6, 6.07) is 13.2. The van der Waals surface area contributed by atoms with Crippen LogP contribution in [0.2, 0.25) is 5.02 Å². The normalized spacial score (nSPS) is 10.3. The predicted molar refractivity (Wildman–Crippen MR) is 84.2 cm³/mol. The van der Waals surface area contributed by atoms with Crippen LogP contribution in [0.15, 0.2) is 47.4 Å². The van der Waals surface area contributed by atoms with Gasteiger partial charge in [0.25, 0.3) is 0 Å². The van der Waals surface area contributed by atoms with E-state index in [9.17, 15) is 4.79 Å². The highest BCUT2D eigenvalue weighted by atomic mass is 35.5. The van der Waals surface area contributed by atoms with Crippen molar-refractivity contribution in [3.05, 3.63) is 58.6 Å². The van der Waals surface area contributed by atoms with Crippen molar-refractivity contribution in [1.29, 1.82) is 0 Å². The maximum absolute atomic E-state index is 12.3. The third kappa shape index (κ3) is 3.78. The molecule has 0 aliphatic rings. The summed E-state index contributed by atoms with van der Waals surface area (Å²) >= 11 is 7.45. The summed E-state index contributed by atoms with van der Waals surface area (Å²) < 4.78 is 5.20. The third-order valence-corrected chi connectivity index (χ3v) is 4.10. The number of carbonyl (C=O) groups is 1. The summed E-state index contributed by atoms with van der Waals surface area (Å²) in [7, 11) is 1.55. The van der Waals surface area contributed by atoms with E-state index in [4.69, 9.17) is 16.3 Å². The van der Waals surface area contributed by atoms with Gasteiger partial charge in [-0.3, -0.25) is 4.79 Å². The Morgan fingerprint density at radius 3 is 2.55 bits per heavy atom. The number of ketones is 1. The Labute approximate surface area is 128 Å². The van der Waals surface area contributed by atoms with E-state index in [0.29, 0.717) is 22.1 Å². The zero-order chi connectivity index (χ0) is 14.5. The van der Waals surface area contributed by atoms with Crippen LogP contribution in [-0.4, -0.2) is 18.6 Å². The quantitative estimate of drug-likeness (QED) is 0.595. The number of ether oxygens (including phenoxy) is 1. The average Bonchev–Trinajstić information content (AvgIpc) is 2.46. The lowest BCUT2D eigenvalue weighted by Gasteiger charge is -2.08. The average molecular weight is 307 g/mol. The van der Waals surface area contributed by atoms with Crippen molar-refractivity contribution in [2.24, 2.45) is 0 Å². The molecule has 0 amide bonds. The highest BCUT2D eigenvalue weighted by molar-refractivity contribution is 8.00. The molecule has 0 N–H and O–H groups in total. The highest BCUT2D eigenvalue weighted by Crippen LogP contribution is 2.26. The van der Waals surface area contributed by atoms with Gasteiger partial charge in [0.15, 0.2) is 5.78 Å². The van der Waals surface area contributed by atoms with Crippen molar-refractivity contribution in [1.82, 2.24) is 0 Å². The van der Waals surface area contributed by atoms with Gasteiger partial charge in [-0.2, -0.15) is 0 Å². The molecule has 0 atom stereocenters. The molecule has 0 fully saturated rings. The standard InChI is InChI=1S/C16H15ClO2S/c1-11-3-6-13(7-4-11)20-10-15(18)14-9-12(17)5-8-16(14)19-2/h3-9H,10H2,1-2H3. The highest BCUT2D eigenvalue weighted by Gasteiger charge is 2.13. The van der Waals surface area contributed by atoms with Gasteiger partial charge in [-0.1, -0.05) is 29.3 Å². The van der Waals surface area contributed by atoms with E-state index in [1.165, 1.54) is 17.3 Å². The molecule has 2 nitrogen and oxygen atoms in total. The molecule has 0 aliphatic heterocycles. The Morgan fingerprint density at radius 1 is 1.20 bits per heavy atom. The lowest BCUT2D eigenvalue weighted by atomic mass is 10.1. The number of thioether (sulfide) groups is 1. The smallest absolute Gasteiger partial charge is 0.176 e. The van der Waals surface area contributed by atoms with Gasteiger partial charge in [-0.05, 0) is 37.3 Å². The lowest BCUT2D eigenvalue weighted by Crippen LogP contribution is -2.05. The van der Waals surface area contributed by atoms with Gasteiger partial charge < -0.3 is 4.74 Å². The van der Waals surface area contributed by atoms with Crippen LogP contribution in [0, 0.1) is 6.92 Å². The predicted octanol–water partition coefficient (Wildman–Crippen LogP) is 4.63. The Morgan fingerprint density at radius 2 is 1.90 bits per heavy atom. The Kier molecular flexibility index (Phi) is 5.10. The number of hydrogen-bond donors (Lipinski definition) is 0. The number of hydrogen-bond acceptors (Lipinski definition) is 3. The maximum Gasteiger partial charge on any atom is 0.176 e. The molecule has 20 heavy (non-hydrogen) atoms. The molecule has 0 saturated heterocycles. The van der Waals surface area contributed by atoms with Crippen molar-refractivity contribution in [3.8, 4) is 5.75 Å². The van der Waals surface area contributed by atoms with Crippen molar-refractivity contribution in [2.75, 3.05) is 12.9 Å². The van der Waals surface area contributed by atoms with Gasteiger partial charge in [0.1, 0.15) is 5.75 Å². The number of Topliss-reactive ketones (excluding diaryl/α,β-unsaturated/α-hetero) is 1. The first kappa shape index (κ1) is 14.9. The van der Waals surface area contributed by atoms with Gasteiger partial charge >= 0.3 is 0 Å². The molecule has 0 radical (unpaired) electrons. The summed E-state index contributed by atoms with van der Waals surface area (Å²) in [6.45, 7) is 2.04. The van der Waals surface area contributed by atoms with Crippen LogP contribution >= 0.6 is 23.4 Å². The molecule has 0 heterocycles. The summed E-state index contributed by atoms with van der Waals surface area (Å²) in [6.07, 6.45) is 0. The molecule has 0 spiro atoms. The molecular formula is C16H15ClO2S. The van der Waals surface area contributed by atoms with Crippen LogP contribution in [0.3, 0.4) is 0 Å². The van der Waals surface area contributed by atoms with E-state index >= 15 is 0 Å². The minimum Gasteiger partial charge on any atom is -0.496 e. The molecule has 2 aromatic rings. The Hall–Kier alpha value is -1.45. The summed E-state index contributed by atoms with van der Waals surface area (Å²) in [5.41, 5.74) is 1.73. The molecule has 2 rings (SSSR count). The number of halogens is 1. The first-order valence-electron chi connectivity index (χ1n) is 6.16. The second-order valence-corrected chi connectivity index (χ2v) is 5.85. The van der Waals surface area contributed by atoms with Crippen molar-refractivity contribution < 1.29 is 9.53 Å². The SMILES string of the molecule is COc1ccc(Cl)cc1C(=O)CSc1ccc(C)cc1. The minimum atomic E-state index is 0.00919. The molecule has 0 aromatic heterocycles. The molecule has 0 aliphatic carbocycles. The number of rotatable bonds is 5. The second kappa shape index (κ2) is 6.82. The van der Waals surface area contributed by atoms with Crippen LogP contribution < -0.4 is 4.74 Å². The van der Waals surface area contributed by atoms with Gasteiger partial charge in [0.05, 0.1) is 18.4 Å². The van der Waals surface area contributed by atoms with Crippen LogP contribution in [-0.2, 0) is 0 Å². The number of aryl methyl sites for hydroxylation is 1. The Balaban J connectivity index is 2.08. The number of carbonyl (C=O) groups excluding carboxylic acids is 1. The minimum absolute atomic E-state index is 0.00919. The fourth-order valence-electron chi connectivity index (χ4n) is 1.76. The monoisotopic (exact) mass is 306 g/mol. The molecule has 4 heteroatoms. The number of benzene rings is 2. The molecule has 0 unspecified atom stereocenters. The molecule has 0 saturated carbocycles. The molecule has 0 bridgehead atoms. The van der Waals surface area contributed by atoms with E-state index in [1.807, 2.05) is 31.2 Å². The van der Waals surface area contributed by atoms with Gasteiger partial charge in [0.2, 0.25) is 0 Å². The molecular weight excluding hydrogens is 292 g/mol. The van der Waals surface area contributed by atoms with Crippen LogP contribution in [0.25, 0.3) is 0 Å². The molecule has 2 aromatic carbocycles. The van der Waals surface area contributed by atoms with E-state index in [1.54, 1.807) is 25.3 Å². The van der Waals surface area contributed by atoms with Gasteiger partial charge in [-0.25, -0.2) is 0 Å². The number of methoxy groups -OCH3 is 1. The van der Waals surface area contributed by atoms with Crippen LogP contribution in [0.5, 0.6) is 5.75 Å². The van der Waals surface area contributed by atoms with E-state index in [0.717, 1.165) is 4.90 Å². The third-order valence-electron chi connectivity index (χ3n) is 2.85. The molecule has 104 valence electrons. The largest absolute Gasteiger partial charge is 0.496 e. The summed E-state index contributed by atoms with van der Waals surface area (Å²) in [4.78, 5) is 13.3. The van der Waals surface area contributed by atoms with Crippen LogP contribution in [0.4, 0.5) is 0 Å². The first-order valence-corrected chi connectivity index (χ1v) is 7.52. The fraction of sp³-hybridized carbons (Fsp3) is 0.188. The lowest BCUT2D eigenvalue weighted by molar-refractivity contribution is 0.101. The summed E-state index contributed by atoms with van der Waals surface area (Å²) in [5, 5.41) is 0.537. The topological polar surface area (TPSA) is 26.3 Å². The fourth-order valence-corrected chi connectivity index (χ4v) is 2.71. The van der Waals surface area contributed by atoms with E-state index in [-0.39, 0.29) is 5.78 Å². The Bertz CT molecular complexity index is 608. The zero-order valence-electron chi connectivity index (χ0n) is 11.4. The van der Waals surface area contributed by atoms with Gasteiger partial charge in [0, 0.05) is 9.92 Å². The van der Waals surface area contributed by atoms with E-state index in [2.05, 4.69) is 0 Å². The van der Waals surface area contributed by atoms with Gasteiger partial charge in [-0.15, -0.1) is 11.8 Å². The van der Waals surface area contributed by atoms with Crippen molar-refractivity contribution in [3.63, 3.8) is 0 Å². The van der Waals surface area contributed by atoms with Crippen molar-refractivity contribution >= 4 is 29.1 Å².